The molecule has 0 fully saturated rings. The predicted molar refractivity (Wildman–Crippen MR) is 86.6 cm³/mol. The Bertz CT molecular complexity index is 681. The van der Waals surface area contributed by atoms with Gasteiger partial charge in [0.2, 0.25) is 0 Å². The third kappa shape index (κ3) is 3.97. The Morgan fingerprint density at radius 3 is 2.91 bits per heavy atom. The molecule has 6 heteroatoms. The summed E-state index contributed by atoms with van der Waals surface area (Å²) in [6.45, 7) is 1.83. The summed E-state index contributed by atoms with van der Waals surface area (Å²) in [6.07, 6.45) is 7.29. The average Bonchev–Trinajstić information content (AvgIpc) is 3.06. The average molecular weight is 312 g/mol. The molecule has 0 saturated heterocycles. The smallest absolute Gasteiger partial charge is 0.315 e. The summed E-state index contributed by atoms with van der Waals surface area (Å²) in [5.74, 6) is 0.906. The van der Waals surface area contributed by atoms with Gasteiger partial charge < -0.3 is 15.2 Å². The maximum Gasteiger partial charge on any atom is 0.315 e. The highest BCUT2D eigenvalue weighted by Crippen LogP contribution is 2.18. The first-order chi connectivity index (χ1) is 11.2. The van der Waals surface area contributed by atoms with Crippen molar-refractivity contribution < 1.29 is 9.32 Å². The van der Waals surface area contributed by atoms with E-state index in [4.69, 9.17) is 4.52 Å². The lowest BCUT2D eigenvalue weighted by molar-refractivity contribution is 0.234. The molecular weight excluding hydrogens is 292 g/mol. The van der Waals surface area contributed by atoms with Crippen molar-refractivity contribution >= 4 is 6.03 Å². The number of nitrogens with one attached hydrogen (secondary N) is 2. The Morgan fingerprint density at radius 2 is 2.17 bits per heavy atom. The number of urea groups is 1. The molecule has 120 valence electrons. The summed E-state index contributed by atoms with van der Waals surface area (Å²) >= 11 is 0. The van der Waals surface area contributed by atoms with Gasteiger partial charge in [0.15, 0.2) is 5.82 Å². The van der Waals surface area contributed by atoms with Crippen molar-refractivity contribution in [2.75, 3.05) is 0 Å². The van der Waals surface area contributed by atoms with Crippen LogP contribution in [0, 0.1) is 0 Å². The minimum atomic E-state index is -0.330. The molecular formula is C17H20N4O2. The largest absolute Gasteiger partial charge is 0.334 e. The van der Waals surface area contributed by atoms with Gasteiger partial charge in [0.05, 0.1) is 6.04 Å². The molecule has 2 amide bonds. The van der Waals surface area contributed by atoms with Crippen LogP contribution in [0.4, 0.5) is 4.79 Å². The molecule has 0 spiro atoms. The summed E-state index contributed by atoms with van der Waals surface area (Å²) in [4.78, 5) is 16.4. The first kappa shape index (κ1) is 15.3. The molecule has 0 saturated carbocycles. The van der Waals surface area contributed by atoms with E-state index in [1.165, 1.54) is 0 Å². The number of carbonyl (C=O) groups is 1. The van der Waals surface area contributed by atoms with Gasteiger partial charge >= 0.3 is 6.03 Å². The summed E-state index contributed by atoms with van der Waals surface area (Å²) < 4.78 is 5.26. The number of carbonyl (C=O) groups excluding carboxylic acids is 1. The first-order valence-electron chi connectivity index (χ1n) is 7.85. The Hall–Kier alpha value is -2.63. The Balaban J connectivity index is 1.59. The number of hydrogen-bond donors (Lipinski definition) is 2. The molecule has 1 aliphatic rings. The van der Waals surface area contributed by atoms with E-state index in [1.54, 1.807) is 0 Å². The topological polar surface area (TPSA) is 80.0 Å². The maximum absolute atomic E-state index is 12.0. The molecule has 2 N–H and O–H groups in total. The summed E-state index contributed by atoms with van der Waals surface area (Å²) in [5, 5.41) is 9.72. The summed E-state index contributed by atoms with van der Waals surface area (Å²) in [7, 11) is 0. The van der Waals surface area contributed by atoms with E-state index in [9.17, 15) is 4.79 Å². The lowest BCUT2D eigenvalue weighted by Crippen LogP contribution is -2.42. The van der Waals surface area contributed by atoms with Crippen LogP contribution in [0.2, 0.25) is 0 Å². The molecule has 6 nitrogen and oxygen atoms in total. The van der Waals surface area contributed by atoms with Crippen LogP contribution in [-0.4, -0.2) is 22.2 Å². The Morgan fingerprint density at radius 1 is 1.35 bits per heavy atom. The van der Waals surface area contributed by atoms with Crippen molar-refractivity contribution in [3.63, 3.8) is 0 Å². The first-order valence-corrected chi connectivity index (χ1v) is 7.85. The van der Waals surface area contributed by atoms with Crippen LogP contribution in [0.3, 0.4) is 0 Å². The maximum atomic E-state index is 12.0. The van der Waals surface area contributed by atoms with Crippen LogP contribution in [0.15, 0.2) is 47.0 Å². The fraction of sp³-hybridized carbons (Fsp3) is 0.353. The zero-order valence-corrected chi connectivity index (χ0v) is 13.0. The van der Waals surface area contributed by atoms with E-state index in [0.29, 0.717) is 11.7 Å². The number of benzene rings is 1. The lowest BCUT2D eigenvalue weighted by Gasteiger charge is -2.19. The minimum Gasteiger partial charge on any atom is -0.334 e. The number of aromatic nitrogens is 2. The van der Waals surface area contributed by atoms with E-state index in [1.807, 2.05) is 43.3 Å². The summed E-state index contributed by atoms with van der Waals surface area (Å²) in [5.41, 5.74) is 0.857. The predicted octanol–water partition coefficient (Wildman–Crippen LogP) is 3.21. The molecule has 3 rings (SSSR count). The van der Waals surface area contributed by atoms with Crippen molar-refractivity contribution in [1.82, 2.24) is 20.8 Å². The van der Waals surface area contributed by atoms with Crippen molar-refractivity contribution in [3.05, 3.63) is 48.3 Å². The number of amides is 2. The normalized spacial score (nSPS) is 18.4. The molecule has 0 bridgehead atoms. The Kier molecular flexibility index (Phi) is 4.71. The second-order valence-electron chi connectivity index (χ2n) is 5.63. The van der Waals surface area contributed by atoms with Crippen LogP contribution in [0.5, 0.6) is 0 Å². The van der Waals surface area contributed by atoms with Gasteiger partial charge in [-0.15, -0.1) is 0 Å². The molecule has 1 heterocycles. The fourth-order valence-electron chi connectivity index (χ4n) is 2.51. The van der Waals surface area contributed by atoms with Gasteiger partial charge in [-0.2, -0.15) is 4.98 Å². The molecule has 1 aromatic heterocycles. The second-order valence-corrected chi connectivity index (χ2v) is 5.63. The van der Waals surface area contributed by atoms with Gasteiger partial charge in [0.1, 0.15) is 0 Å². The zero-order valence-electron chi connectivity index (χ0n) is 13.0. The fourth-order valence-corrected chi connectivity index (χ4v) is 2.51. The quantitative estimate of drug-likeness (QED) is 0.850. The van der Waals surface area contributed by atoms with Crippen LogP contribution in [-0.2, 0) is 0 Å². The van der Waals surface area contributed by atoms with Crippen molar-refractivity contribution in [2.24, 2.45) is 0 Å². The van der Waals surface area contributed by atoms with Crippen LogP contribution in [0.1, 0.15) is 38.1 Å². The van der Waals surface area contributed by atoms with Gasteiger partial charge in [-0.1, -0.05) is 35.5 Å². The van der Waals surface area contributed by atoms with Gasteiger partial charge in [-0.05, 0) is 38.3 Å². The molecule has 0 unspecified atom stereocenters. The molecule has 1 aliphatic carbocycles. The number of nitrogens with zero attached hydrogens (tertiary/aromatic N) is 2. The number of allylic oxidation sites excluding steroid dienone is 1. The van der Waals surface area contributed by atoms with Gasteiger partial charge in [0.25, 0.3) is 5.89 Å². The van der Waals surface area contributed by atoms with Crippen molar-refractivity contribution in [1.29, 1.82) is 0 Å². The van der Waals surface area contributed by atoms with E-state index in [0.717, 1.165) is 24.8 Å². The number of rotatable bonds is 4. The summed E-state index contributed by atoms with van der Waals surface area (Å²) in [6, 6.07) is 9.09. The highest BCUT2D eigenvalue weighted by atomic mass is 16.5. The molecule has 23 heavy (non-hydrogen) atoms. The number of hydrogen-bond acceptors (Lipinski definition) is 4. The van der Waals surface area contributed by atoms with E-state index < -0.39 is 0 Å². The van der Waals surface area contributed by atoms with Crippen LogP contribution in [0.25, 0.3) is 11.5 Å². The molecule has 1 aromatic carbocycles. The Labute approximate surface area is 135 Å². The standard InChI is InChI=1S/C17H20N4O2/c1-12(18-17(22)19-14-10-6-3-7-11-14)15-20-16(23-21-15)13-8-4-2-5-9-13/h2,4-6,8-10,12,14H,3,7,11H2,1H3,(H2,18,19,22)/t12-,14+/m1/s1. The third-order valence-corrected chi connectivity index (χ3v) is 3.77. The van der Waals surface area contributed by atoms with E-state index in [-0.39, 0.29) is 18.1 Å². The lowest BCUT2D eigenvalue weighted by atomic mass is 10.0. The SMILES string of the molecule is C[C@@H](NC(=O)N[C@H]1C=CCCC1)c1noc(-c2ccccc2)n1. The van der Waals surface area contributed by atoms with Crippen molar-refractivity contribution in [3.8, 4) is 11.5 Å². The van der Waals surface area contributed by atoms with Gasteiger partial charge in [0, 0.05) is 11.6 Å². The minimum absolute atomic E-state index is 0.0982. The third-order valence-electron chi connectivity index (χ3n) is 3.77. The van der Waals surface area contributed by atoms with Crippen LogP contribution < -0.4 is 10.6 Å². The monoisotopic (exact) mass is 312 g/mol. The van der Waals surface area contributed by atoms with Crippen molar-refractivity contribution in [2.45, 2.75) is 38.3 Å². The highest BCUT2D eigenvalue weighted by molar-refractivity contribution is 5.74. The van der Waals surface area contributed by atoms with Gasteiger partial charge in [-0.3, -0.25) is 0 Å². The molecule has 0 radical (unpaired) electrons. The molecule has 2 aromatic rings. The van der Waals surface area contributed by atoms with E-state index in [2.05, 4.69) is 26.9 Å². The van der Waals surface area contributed by atoms with Gasteiger partial charge in [-0.25, -0.2) is 4.79 Å². The van der Waals surface area contributed by atoms with Crippen LogP contribution >= 0.6 is 0 Å². The molecule has 2 atom stereocenters. The molecule has 0 aliphatic heterocycles. The second kappa shape index (κ2) is 7.09. The zero-order chi connectivity index (χ0) is 16.1. The highest BCUT2D eigenvalue weighted by Gasteiger charge is 2.18. The van der Waals surface area contributed by atoms with E-state index >= 15 is 0 Å².